The van der Waals surface area contributed by atoms with Crippen molar-refractivity contribution in [2.45, 2.75) is 293 Å². The number of carbonyl (C=O) groups is 1. The minimum atomic E-state index is -5.16. The molecule has 1 aliphatic rings. The van der Waals surface area contributed by atoms with Crippen LogP contribution in [0, 0.1) is 0 Å². The van der Waals surface area contributed by atoms with E-state index in [0.29, 0.717) is 19.3 Å². The summed E-state index contributed by atoms with van der Waals surface area (Å²) in [5, 5.41) is 74.8. The number of unbranched alkanes of at least 4 members (excludes halogenated alkanes) is 28. The van der Waals surface area contributed by atoms with Crippen LogP contribution in [-0.2, 0) is 18.4 Å². The molecule has 0 radical (unpaired) electrons. The molecule has 13 nitrogen and oxygen atoms in total. The normalized spacial score (nSPS) is 22.1. The lowest BCUT2D eigenvalue weighted by molar-refractivity contribution is -0.220. The lowest BCUT2D eigenvalue weighted by Gasteiger charge is -2.41. The lowest BCUT2D eigenvalue weighted by Crippen LogP contribution is -2.64. The molecule has 14 heteroatoms. The molecule has 1 saturated carbocycles. The molecular weight excluding hydrogens is 910 g/mol. The summed E-state index contributed by atoms with van der Waals surface area (Å²) >= 11 is 0. The molecule has 0 spiro atoms. The van der Waals surface area contributed by atoms with Crippen molar-refractivity contribution >= 4 is 13.7 Å². The standard InChI is InChI=1S/C56H104NO12P/c1-3-5-7-9-11-13-15-17-19-21-23-24-26-27-29-31-33-35-37-39-41-43-47(58)45-50(60)57-48(46-68-70(66,67)69-56-54(64)52(62)51(61)53(63)55(56)65)49(59)44-42-40-38-36-34-32-30-28-25-22-20-18-16-14-12-10-8-6-4-2/h25,27-29,34,36,42,44,47-49,51-56,58-59,61-65H,3-24,26,30-33,35,37-41,43,45-46H2,1-2H3,(H,57,60)(H,66,67)/b28-25+,29-27-,36-34+,44-42+. The highest BCUT2D eigenvalue weighted by Crippen LogP contribution is 2.47. The molecule has 0 aromatic carbocycles. The number of nitrogens with one attached hydrogen (secondary N) is 1. The topological polar surface area (TPSA) is 226 Å². The van der Waals surface area contributed by atoms with Crippen LogP contribution in [0.2, 0.25) is 0 Å². The summed E-state index contributed by atoms with van der Waals surface area (Å²) in [7, 11) is -5.16. The summed E-state index contributed by atoms with van der Waals surface area (Å²) in [5.74, 6) is -0.610. The monoisotopic (exact) mass is 1010 g/mol. The lowest BCUT2D eigenvalue weighted by atomic mass is 9.85. The number of phosphoric ester groups is 1. The first-order chi connectivity index (χ1) is 33.8. The molecule has 0 saturated heterocycles. The van der Waals surface area contributed by atoms with Gasteiger partial charge in [0.1, 0.15) is 36.6 Å². The van der Waals surface area contributed by atoms with Crippen LogP contribution >= 0.6 is 7.82 Å². The highest BCUT2D eigenvalue weighted by Gasteiger charge is 2.51. The summed E-state index contributed by atoms with van der Waals surface area (Å²) in [5.41, 5.74) is 0. The van der Waals surface area contributed by atoms with E-state index in [1.54, 1.807) is 6.08 Å². The van der Waals surface area contributed by atoms with Crippen molar-refractivity contribution in [3.05, 3.63) is 48.6 Å². The van der Waals surface area contributed by atoms with Crippen molar-refractivity contribution in [2.24, 2.45) is 0 Å². The van der Waals surface area contributed by atoms with E-state index in [1.165, 1.54) is 141 Å². The van der Waals surface area contributed by atoms with E-state index >= 15 is 0 Å². The zero-order valence-electron chi connectivity index (χ0n) is 43.9. The second kappa shape index (κ2) is 44.7. The maximum atomic E-state index is 13.1. The van der Waals surface area contributed by atoms with E-state index in [-0.39, 0.29) is 6.42 Å². The zero-order chi connectivity index (χ0) is 51.5. The van der Waals surface area contributed by atoms with Crippen LogP contribution in [0.3, 0.4) is 0 Å². The first kappa shape index (κ1) is 66.3. The summed E-state index contributed by atoms with van der Waals surface area (Å²) < 4.78 is 23.0. The summed E-state index contributed by atoms with van der Waals surface area (Å²) in [6.07, 6.45) is 42.0. The molecule has 9 N–H and O–H groups in total. The Morgan fingerprint density at radius 3 is 1.26 bits per heavy atom. The Bertz CT molecular complexity index is 1380. The number of phosphoric acid groups is 1. The van der Waals surface area contributed by atoms with Gasteiger partial charge in [-0.2, -0.15) is 0 Å². The number of hydrogen-bond acceptors (Lipinski definition) is 11. The molecule has 1 rings (SSSR count). The van der Waals surface area contributed by atoms with Crippen molar-refractivity contribution in [3.8, 4) is 0 Å². The van der Waals surface area contributed by atoms with Gasteiger partial charge >= 0.3 is 7.82 Å². The third-order valence-electron chi connectivity index (χ3n) is 13.4. The van der Waals surface area contributed by atoms with Crippen LogP contribution in [-0.4, -0.2) is 108 Å². The van der Waals surface area contributed by atoms with Gasteiger partial charge in [-0.05, 0) is 70.6 Å². The molecule has 1 fully saturated rings. The fourth-order valence-electron chi connectivity index (χ4n) is 8.80. The first-order valence-electron chi connectivity index (χ1n) is 28.2. The number of rotatable bonds is 47. The fraction of sp³-hybridized carbons (Fsp3) is 0.839. The quantitative estimate of drug-likeness (QED) is 0.0158. The van der Waals surface area contributed by atoms with E-state index in [9.17, 15) is 50.0 Å². The molecule has 8 unspecified atom stereocenters. The highest BCUT2D eigenvalue weighted by atomic mass is 31.2. The summed E-state index contributed by atoms with van der Waals surface area (Å²) in [4.78, 5) is 23.6. The van der Waals surface area contributed by atoms with Crippen LogP contribution in [0.25, 0.3) is 0 Å². The van der Waals surface area contributed by atoms with Crippen molar-refractivity contribution < 1.29 is 59.0 Å². The van der Waals surface area contributed by atoms with E-state index in [0.717, 1.165) is 64.2 Å². The second-order valence-electron chi connectivity index (χ2n) is 19.9. The Morgan fingerprint density at radius 2 is 0.843 bits per heavy atom. The number of hydrogen-bond donors (Lipinski definition) is 9. The Kier molecular flexibility index (Phi) is 42.3. The van der Waals surface area contributed by atoms with E-state index in [1.807, 2.05) is 0 Å². The van der Waals surface area contributed by atoms with Gasteiger partial charge in [0.2, 0.25) is 5.91 Å². The third-order valence-corrected chi connectivity index (χ3v) is 14.3. The summed E-state index contributed by atoms with van der Waals surface area (Å²) in [6.45, 7) is 3.76. The molecule has 1 aliphatic carbocycles. The van der Waals surface area contributed by atoms with Crippen LogP contribution < -0.4 is 5.32 Å². The van der Waals surface area contributed by atoms with Gasteiger partial charge < -0.3 is 46.0 Å². The van der Waals surface area contributed by atoms with E-state index in [2.05, 4.69) is 55.6 Å². The predicted octanol–water partition coefficient (Wildman–Crippen LogP) is 11.4. The van der Waals surface area contributed by atoms with Gasteiger partial charge in [-0.3, -0.25) is 13.8 Å². The average molecular weight is 1010 g/mol. The smallest absolute Gasteiger partial charge is 0.393 e. The Labute approximate surface area is 425 Å². The number of aliphatic hydroxyl groups excluding tert-OH is 7. The number of allylic oxidation sites excluding steroid dienone is 7. The molecule has 8 atom stereocenters. The minimum absolute atomic E-state index is 0.262. The Hall–Kier alpha value is -1.74. The van der Waals surface area contributed by atoms with E-state index < -0.39 is 75.2 Å². The van der Waals surface area contributed by atoms with Crippen LogP contribution in [0.5, 0.6) is 0 Å². The van der Waals surface area contributed by atoms with Crippen LogP contribution in [0.1, 0.15) is 239 Å². The average Bonchev–Trinajstić information content (AvgIpc) is 3.34. The second-order valence-corrected chi connectivity index (χ2v) is 21.4. The number of carbonyl (C=O) groups excluding carboxylic acids is 1. The predicted molar refractivity (Wildman–Crippen MR) is 284 cm³/mol. The van der Waals surface area contributed by atoms with Gasteiger partial charge in [0.05, 0.1) is 31.3 Å². The molecular formula is C56H104NO12P. The van der Waals surface area contributed by atoms with Crippen molar-refractivity contribution in [1.29, 1.82) is 0 Å². The molecule has 0 bridgehead atoms. The van der Waals surface area contributed by atoms with Gasteiger partial charge in [-0.15, -0.1) is 0 Å². The zero-order valence-corrected chi connectivity index (χ0v) is 44.8. The van der Waals surface area contributed by atoms with Crippen molar-refractivity contribution in [2.75, 3.05) is 6.61 Å². The molecule has 0 aromatic heterocycles. The van der Waals surface area contributed by atoms with Gasteiger partial charge in [0.15, 0.2) is 0 Å². The van der Waals surface area contributed by atoms with Crippen molar-refractivity contribution in [3.63, 3.8) is 0 Å². The first-order valence-corrected chi connectivity index (χ1v) is 29.7. The maximum absolute atomic E-state index is 13.1. The number of amides is 1. The van der Waals surface area contributed by atoms with Crippen molar-refractivity contribution in [1.82, 2.24) is 5.32 Å². The Balaban J connectivity index is 2.47. The minimum Gasteiger partial charge on any atom is -0.393 e. The Morgan fingerprint density at radius 1 is 0.500 bits per heavy atom. The van der Waals surface area contributed by atoms with Crippen LogP contribution in [0.4, 0.5) is 0 Å². The maximum Gasteiger partial charge on any atom is 0.472 e. The van der Waals surface area contributed by atoms with Gasteiger partial charge in [0, 0.05) is 0 Å². The molecule has 0 heterocycles. The summed E-state index contributed by atoms with van der Waals surface area (Å²) in [6, 6.07) is -1.27. The molecule has 0 aromatic rings. The van der Waals surface area contributed by atoms with E-state index in [4.69, 9.17) is 9.05 Å². The van der Waals surface area contributed by atoms with Gasteiger partial charge in [-0.1, -0.05) is 210 Å². The SMILES string of the molecule is CCCCCCCCCCC/C=C/CC/C=C/CC/C=C/C(O)C(COP(=O)(O)OC1C(O)C(O)C(O)C(O)C1O)NC(=O)CC(O)CCCCCCC/C=C\CCCCCCCCCCCCCC. The van der Waals surface area contributed by atoms with Gasteiger partial charge in [0.25, 0.3) is 0 Å². The largest absolute Gasteiger partial charge is 0.472 e. The fourth-order valence-corrected chi connectivity index (χ4v) is 9.76. The number of aliphatic hydroxyl groups is 7. The van der Waals surface area contributed by atoms with Crippen LogP contribution in [0.15, 0.2) is 48.6 Å². The molecule has 70 heavy (non-hydrogen) atoms. The third kappa shape index (κ3) is 35.4. The highest BCUT2D eigenvalue weighted by molar-refractivity contribution is 7.47. The molecule has 410 valence electrons. The molecule has 0 aliphatic heterocycles. The molecule has 1 amide bonds. The van der Waals surface area contributed by atoms with Gasteiger partial charge in [-0.25, -0.2) is 4.57 Å².